The van der Waals surface area contributed by atoms with Crippen molar-refractivity contribution in [2.24, 2.45) is 0 Å². The van der Waals surface area contributed by atoms with E-state index in [-0.39, 0.29) is 12.3 Å². The molecule has 2 rings (SSSR count). The first-order chi connectivity index (χ1) is 9.04. The van der Waals surface area contributed by atoms with Gasteiger partial charge in [-0.05, 0) is 19.1 Å². The number of carbonyl (C=O) groups excluding carboxylic acids is 1. The van der Waals surface area contributed by atoms with Crippen LogP contribution in [-0.2, 0) is 11.2 Å². The van der Waals surface area contributed by atoms with Gasteiger partial charge in [-0.1, -0.05) is 29.0 Å². The van der Waals surface area contributed by atoms with Crippen LogP contribution in [0, 0.1) is 6.92 Å². The van der Waals surface area contributed by atoms with Gasteiger partial charge in [-0.3, -0.25) is 14.9 Å². The van der Waals surface area contributed by atoms with E-state index in [1.54, 1.807) is 12.1 Å². The molecule has 0 aliphatic heterocycles. The average molecular weight is 277 g/mol. The Morgan fingerprint density at radius 2 is 1.95 bits per heavy atom. The van der Waals surface area contributed by atoms with E-state index in [9.17, 15) is 9.59 Å². The molecule has 1 aromatic carbocycles. The normalized spacial score (nSPS) is 10.2. The Balaban J connectivity index is 2.04. The van der Waals surface area contributed by atoms with Gasteiger partial charge in [-0.15, -0.1) is 10.2 Å². The second-order valence-electron chi connectivity index (χ2n) is 3.89. The number of aromatic nitrogens is 2. The molecule has 1 aromatic heterocycles. The minimum absolute atomic E-state index is 0.196. The standard InChI is InChI=1S/C12H11N3O3S/c1-7-2-4-8(5-3-7)11(18)13-12-15-14-9(19-12)6-10(16)17/h2-5H,6H2,1H3,(H,16,17)(H,13,15,18). The molecule has 0 spiro atoms. The SMILES string of the molecule is Cc1ccc(C(=O)Nc2nnc(CC(=O)O)s2)cc1. The second kappa shape index (κ2) is 5.57. The highest BCUT2D eigenvalue weighted by Gasteiger charge is 2.11. The van der Waals surface area contributed by atoms with E-state index >= 15 is 0 Å². The highest BCUT2D eigenvalue weighted by Crippen LogP contribution is 2.16. The molecule has 7 heteroatoms. The zero-order valence-electron chi connectivity index (χ0n) is 10.1. The van der Waals surface area contributed by atoms with Crippen LogP contribution in [0.3, 0.4) is 0 Å². The molecule has 19 heavy (non-hydrogen) atoms. The van der Waals surface area contributed by atoms with E-state index in [1.165, 1.54) is 0 Å². The van der Waals surface area contributed by atoms with Crippen molar-refractivity contribution in [3.8, 4) is 0 Å². The molecule has 1 heterocycles. The number of benzene rings is 1. The summed E-state index contributed by atoms with van der Waals surface area (Å²) in [6.45, 7) is 1.94. The third kappa shape index (κ3) is 3.59. The summed E-state index contributed by atoms with van der Waals surface area (Å²) in [5.41, 5.74) is 1.58. The molecule has 0 radical (unpaired) electrons. The fourth-order valence-corrected chi connectivity index (χ4v) is 2.11. The first-order valence-corrected chi connectivity index (χ1v) is 6.28. The number of rotatable bonds is 4. The molecule has 0 saturated heterocycles. The minimum Gasteiger partial charge on any atom is -0.481 e. The molecule has 2 N–H and O–H groups in total. The van der Waals surface area contributed by atoms with Crippen LogP contribution < -0.4 is 5.32 Å². The molecule has 98 valence electrons. The Morgan fingerprint density at radius 3 is 2.58 bits per heavy atom. The van der Waals surface area contributed by atoms with Gasteiger partial charge in [-0.25, -0.2) is 0 Å². The number of aliphatic carboxylic acids is 1. The Morgan fingerprint density at radius 1 is 1.26 bits per heavy atom. The molecule has 0 atom stereocenters. The summed E-state index contributed by atoms with van der Waals surface area (Å²) in [7, 11) is 0. The first kappa shape index (κ1) is 13.2. The van der Waals surface area contributed by atoms with Crippen molar-refractivity contribution in [1.29, 1.82) is 0 Å². The molecule has 2 aromatic rings. The minimum atomic E-state index is -0.979. The van der Waals surface area contributed by atoms with Gasteiger partial charge in [-0.2, -0.15) is 0 Å². The van der Waals surface area contributed by atoms with Crippen molar-refractivity contribution in [2.75, 3.05) is 5.32 Å². The van der Waals surface area contributed by atoms with Gasteiger partial charge >= 0.3 is 5.97 Å². The first-order valence-electron chi connectivity index (χ1n) is 5.47. The lowest BCUT2D eigenvalue weighted by atomic mass is 10.1. The second-order valence-corrected chi connectivity index (χ2v) is 4.95. The summed E-state index contributed by atoms with van der Waals surface area (Å²) in [6, 6.07) is 7.10. The summed E-state index contributed by atoms with van der Waals surface area (Å²) in [4.78, 5) is 22.4. The smallest absolute Gasteiger partial charge is 0.310 e. The summed E-state index contributed by atoms with van der Waals surface area (Å²) in [5.74, 6) is -1.27. The quantitative estimate of drug-likeness (QED) is 0.887. The van der Waals surface area contributed by atoms with Crippen molar-refractivity contribution < 1.29 is 14.7 Å². The molecule has 6 nitrogen and oxygen atoms in total. The van der Waals surface area contributed by atoms with Crippen LogP contribution in [0.4, 0.5) is 5.13 Å². The van der Waals surface area contributed by atoms with Crippen molar-refractivity contribution >= 4 is 28.3 Å². The number of carboxylic acid groups (broad SMARTS) is 1. The van der Waals surface area contributed by atoms with Crippen molar-refractivity contribution in [3.63, 3.8) is 0 Å². The number of hydrogen-bond acceptors (Lipinski definition) is 5. The summed E-state index contributed by atoms with van der Waals surface area (Å²) >= 11 is 1.05. The number of hydrogen-bond donors (Lipinski definition) is 2. The summed E-state index contributed by atoms with van der Waals surface area (Å²) in [6.07, 6.45) is -0.196. The highest BCUT2D eigenvalue weighted by molar-refractivity contribution is 7.15. The fraction of sp³-hybridized carbons (Fsp3) is 0.167. The van der Waals surface area contributed by atoms with Gasteiger partial charge in [0.15, 0.2) is 0 Å². The predicted octanol–water partition coefficient (Wildman–Crippen LogP) is 1.73. The van der Waals surface area contributed by atoms with Crippen molar-refractivity contribution in [3.05, 3.63) is 40.4 Å². The number of nitrogens with one attached hydrogen (secondary N) is 1. The van der Waals surface area contributed by atoms with Crippen LogP contribution in [-0.4, -0.2) is 27.2 Å². The lowest BCUT2D eigenvalue weighted by Gasteiger charge is -2.01. The van der Waals surface area contributed by atoms with E-state index in [0.29, 0.717) is 15.7 Å². The van der Waals surface area contributed by atoms with Gasteiger partial charge in [0.05, 0.1) is 6.42 Å². The maximum atomic E-state index is 11.9. The predicted molar refractivity (Wildman–Crippen MR) is 70.4 cm³/mol. The molecular weight excluding hydrogens is 266 g/mol. The molecule has 0 fully saturated rings. The van der Waals surface area contributed by atoms with Gasteiger partial charge in [0.2, 0.25) is 5.13 Å². The molecular formula is C12H11N3O3S. The van der Waals surface area contributed by atoms with Crippen molar-refractivity contribution in [2.45, 2.75) is 13.3 Å². The monoisotopic (exact) mass is 277 g/mol. The average Bonchev–Trinajstić information content (AvgIpc) is 2.76. The molecule has 0 bridgehead atoms. The number of carboxylic acids is 1. The largest absolute Gasteiger partial charge is 0.481 e. The summed E-state index contributed by atoms with van der Waals surface area (Å²) < 4.78 is 0. The molecule has 0 saturated carbocycles. The third-order valence-corrected chi connectivity index (χ3v) is 3.14. The Labute approximate surface area is 113 Å². The number of amides is 1. The van der Waals surface area contributed by atoms with Crippen LogP contribution in [0.2, 0.25) is 0 Å². The van der Waals surface area contributed by atoms with Gasteiger partial charge in [0.1, 0.15) is 5.01 Å². The highest BCUT2D eigenvalue weighted by atomic mass is 32.1. The Hall–Kier alpha value is -2.28. The van der Waals surface area contributed by atoms with Crippen LogP contribution in [0.1, 0.15) is 20.9 Å². The lowest BCUT2D eigenvalue weighted by Crippen LogP contribution is -2.11. The molecule has 0 aliphatic rings. The Bertz CT molecular complexity index is 607. The Kier molecular flexibility index (Phi) is 3.86. The maximum Gasteiger partial charge on any atom is 0.310 e. The van der Waals surface area contributed by atoms with Gasteiger partial charge < -0.3 is 5.11 Å². The van der Waals surface area contributed by atoms with Crippen LogP contribution in [0.15, 0.2) is 24.3 Å². The van der Waals surface area contributed by atoms with Crippen LogP contribution in [0.25, 0.3) is 0 Å². The molecule has 0 aliphatic carbocycles. The van der Waals surface area contributed by atoms with E-state index in [1.807, 2.05) is 19.1 Å². The topological polar surface area (TPSA) is 92.2 Å². The van der Waals surface area contributed by atoms with E-state index in [4.69, 9.17) is 5.11 Å². The van der Waals surface area contributed by atoms with E-state index < -0.39 is 5.97 Å². The zero-order valence-corrected chi connectivity index (χ0v) is 10.9. The van der Waals surface area contributed by atoms with Gasteiger partial charge in [0.25, 0.3) is 5.91 Å². The van der Waals surface area contributed by atoms with Gasteiger partial charge in [0, 0.05) is 5.56 Å². The number of aryl methyl sites for hydroxylation is 1. The summed E-state index contributed by atoms with van der Waals surface area (Å²) in [5, 5.41) is 19.3. The number of nitrogens with zero attached hydrogens (tertiary/aromatic N) is 2. The van der Waals surface area contributed by atoms with E-state index in [0.717, 1.165) is 16.9 Å². The van der Waals surface area contributed by atoms with Crippen LogP contribution >= 0.6 is 11.3 Å². The third-order valence-electron chi connectivity index (χ3n) is 2.30. The molecule has 0 unspecified atom stereocenters. The lowest BCUT2D eigenvalue weighted by molar-refractivity contribution is -0.136. The fourth-order valence-electron chi connectivity index (χ4n) is 1.38. The number of anilines is 1. The van der Waals surface area contributed by atoms with E-state index in [2.05, 4.69) is 15.5 Å². The van der Waals surface area contributed by atoms with Crippen LogP contribution in [0.5, 0.6) is 0 Å². The number of carbonyl (C=O) groups is 2. The van der Waals surface area contributed by atoms with Crippen molar-refractivity contribution in [1.82, 2.24) is 10.2 Å². The maximum absolute atomic E-state index is 11.9. The zero-order chi connectivity index (χ0) is 13.8. The molecule has 1 amide bonds.